The number of nitrogens with one attached hydrogen (secondary N) is 1. The van der Waals surface area contributed by atoms with E-state index in [1.165, 1.54) is 12.8 Å². The van der Waals surface area contributed by atoms with Crippen LogP contribution < -0.4 is 5.32 Å². The fraction of sp³-hybridized carbons (Fsp3) is 1.00. The fourth-order valence-corrected chi connectivity index (χ4v) is 1.85. The lowest BCUT2D eigenvalue weighted by Crippen LogP contribution is -2.34. The Labute approximate surface area is 75.7 Å². The zero-order valence-corrected chi connectivity index (χ0v) is 8.47. The first-order valence-electron chi connectivity index (χ1n) is 5.06. The molecule has 1 rings (SSSR count). The van der Waals surface area contributed by atoms with E-state index < -0.39 is 0 Å². The average molecular weight is 171 g/mol. The van der Waals surface area contributed by atoms with Gasteiger partial charge in [0.25, 0.3) is 0 Å². The van der Waals surface area contributed by atoms with Gasteiger partial charge < -0.3 is 10.1 Å². The molecule has 0 spiro atoms. The maximum absolute atomic E-state index is 5.76. The van der Waals surface area contributed by atoms with Crippen molar-refractivity contribution in [3.05, 3.63) is 0 Å². The Morgan fingerprint density at radius 2 is 1.75 bits per heavy atom. The molecule has 0 aromatic rings. The van der Waals surface area contributed by atoms with Crippen LogP contribution in [0, 0.1) is 5.92 Å². The van der Waals surface area contributed by atoms with Crippen LogP contribution in [-0.2, 0) is 4.74 Å². The van der Waals surface area contributed by atoms with Crippen molar-refractivity contribution in [2.75, 3.05) is 13.1 Å². The van der Waals surface area contributed by atoms with Gasteiger partial charge in [-0.2, -0.15) is 0 Å². The highest BCUT2D eigenvalue weighted by atomic mass is 16.5. The predicted octanol–water partition coefficient (Wildman–Crippen LogP) is 1.80. The number of rotatable bonds is 3. The summed E-state index contributed by atoms with van der Waals surface area (Å²) >= 11 is 0. The summed E-state index contributed by atoms with van der Waals surface area (Å²) < 4.78 is 5.76. The Bertz CT molecular complexity index is 119. The molecule has 1 atom stereocenters. The number of hydrogen-bond donors (Lipinski definition) is 1. The van der Waals surface area contributed by atoms with Gasteiger partial charge >= 0.3 is 0 Å². The molecule has 0 aromatic carbocycles. The molecule has 0 bridgehead atoms. The average Bonchev–Trinajstić information content (AvgIpc) is 2.05. The Morgan fingerprint density at radius 1 is 1.17 bits per heavy atom. The summed E-state index contributed by atoms with van der Waals surface area (Å²) in [5.41, 5.74) is 0. The van der Waals surface area contributed by atoms with Crippen molar-refractivity contribution in [3.8, 4) is 0 Å². The van der Waals surface area contributed by atoms with Crippen LogP contribution in [0.1, 0.15) is 33.6 Å². The van der Waals surface area contributed by atoms with Crippen molar-refractivity contribution in [2.24, 2.45) is 5.92 Å². The second-order valence-corrected chi connectivity index (χ2v) is 3.98. The van der Waals surface area contributed by atoms with Gasteiger partial charge in [-0.15, -0.1) is 0 Å². The normalized spacial score (nSPS) is 23.0. The summed E-state index contributed by atoms with van der Waals surface area (Å²) in [6.07, 6.45) is 3.35. The minimum Gasteiger partial charge on any atom is -0.376 e. The SMILES string of the molecule is CC(C)OC(C)C1CCNCC1. The van der Waals surface area contributed by atoms with Crippen LogP contribution in [0.5, 0.6) is 0 Å². The first kappa shape index (κ1) is 10.0. The maximum Gasteiger partial charge on any atom is 0.0579 e. The van der Waals surface area contributed by atoms with Crippen LogP contribution in [0.25, 0.3) is 0 Å². The van der Waals surface area contributed by atoms with Crippen LogP contribution in [0.3, 0.4) is 0 Å². The summed E-state index contributed by atoms with van der Waals surface area (Å²) in [7, 11) is 0. The van der Waals surface area contributed by atoms with E-state index in [4.69, 9.17) is 4.74 Å². The zero-order chi connectivity index (χ0) is 8.97. The van der Waals surface area contributed by atoms with Crippen molar-refractivity contribution in [2.45, 2.75) is 45.8 Å². The number of hydrogen-bond acceptors (Lipinski definition) is 2. The maximum atomic E-state index is 5.76. The van der Waals surface area contributed by atoms with Gasteiger partial charge in [-0.3, -0.25) is 0 Å². The van der Waals surface area contributed by atoms with Crippen molar-refractivity contribution >= 4 is 0 Å². The molecule has 1 N–H and O–H groups in total. The summed E-state index contributed by atoms with van der Waals surface area (Å²) in [4.78, 5) is 0. The smallest absolute Gasteiger partial charge is 0.0579 e. The van der Waals surface area contributed by atoms with Crippen molar-refractivity contribution < 1.29 is 4.74 Å². The molecule has 0 amide bonds. The van der Waals surface area contributed by atoms with Crippen LogP contribution in [0.15, 0.2) is 0 Å². The summed E-state index contributed by atoms with van der Waals surface area (Å²) in [6, 6.07) is 0. The Kier molecular flexibility index (Phi) is 4.02. The molecule has 1 unspecified atom stereocenters. The van der Waals surface area contributed by atoms with Gasteiger partial charge in [-0.05, 0) is 52.6 Å². The molecule has 1 aliphatic rings. The van der Waals surface area contributed by atoms with E-state index in [0.29, 0.717) is 12.2 Å². The van der Waals surface area contributed by atoms with Gasteiger partial charge in [0.1, 0.15) is 0 Å². The van der Waals surface area contributed by atoms with Crippen molar-refractivity contribution in [1.82, 2.24) is 5.32 Å². The largest absolute Gasteiger partial charge is 0.376 e. The summed E-state index contributed by atoms with van der Waals surface area (Å²) in [5, 5.41) is 3.37. The lowest BCUT2D eigenvalue weighted by atomic mass is 9.93. The van der Waals surface area contributed by atoms with Crippen molar-refractivity contribution in [1.29, 1.82) is 0 Å². The molecular formula is C10H21NO. The minimum atomic E-state index is 0.370. The van der Waals surface area contributed by atoms with Crippen molar-refractivity contribution in [3.63, 3.8) is 0 Å². The highest BCUT2D eigenvalue weighted by Crippen LogP contribution is 2.19. The van der Waals surface area contributed by atoms with Gasteiger partial charge in [-0.1, -0.05) is 0 Å². The fourth-order valence-electron chi connectivity index (χ4n) is 1.85. The Morgan fingerprint density at radius 3 is 2.25 bits per heavy atom. The molecule has 0 saturated carbocycles. The third-order valence-electron chi connectivity index (χ3n) is 2.53. The monoisotopic (exact) mass is 171 g/mol. The highest BCUT2D eigenvalue weighted by Gasteiger charge is 2.20. The second-order valence-electron chi connectivity index (χ2n) is 3.98. The van der Waals surface area contributed by atoms with Gasteiger partial charge in [-0.25, -0.2) is 0 Å². The van der Waals surface area contributed by atoms with E-state index in [0.717, 1.165) is 19.0 Å². The Balaban J connectivity index is 2.24. The first-order valence-corrected chi connectivity index (χ1v) is 5.06. The van der Waals surface area contributed by atoms with E-state index in [-0.39, 0.29) is 0 Å². The molecular weight excluding hydrogens is 150 g/mol. The lowest BCUT2D eigenvalue weighted by molar-refractivity contribution is -0.0223. The van der Waals surface area contributed by atoms with Gasteiger partial charge in [0, 0.05) is 0 Å². The molecule has 72 valence electrons. The molecule has 0 aliphatic carbocycles. The number of piperidine rings is 1. The molecule has 1 saturated heterocycles. The highest BCUT2D eigenvalue weighted by molar-refractivity contribution is 4.73. The minimum absolute atomic E-state index is 0.370. The molecule has 0 aromatic heterocycles. The van der Waals surface area contributed by atoms with E-state index in [2.05, 4.69) is 26.1 Å². The molecule has 0 radical (unpaired) electrons. The second kappa shape index (κ2) is 4.83. The standard InChI is InChI=1S/C10H21NO/c1-8(2)12-9(3)10-4-6-11-7-5-10/h8-11H,4-7H2,1-3H3. The van der Waals surface area contributed by atoms with E-state index >= 15 is 0 Å². The van der Waals surface area contributed by atoms with Gasteiger partial charge in [0.2, 0.25) is 0 Å². The molecule has 2 nitrogen and oxygen atoms in total. The van der Waals surface area contributed by atoms with Gasteiger partial charge in [0.15, 0.2) is 0 Å². The first-order chi connectivity index (χ1) is 5.70. The van der Waals surface area contributed by atoms with E-state index in [9.17, 15) is 0 Å². The van der Waals surface area contributed by atoms with Crippen LogP contribution in [0.4, 0.5) is 0 Å². The number of ether oxygens (including phenoxy) is 1. The topological polar surface area (TPSA) is 21.3 Å². The quantitative estimate of drug-likeness (QED) is 0.699. The van der Waals surface area contributed by atoms with E-state index in [1.54, 1.807) is 0 Å². The predicted molar refractivity (Wildman–Crippen MR) is 51.3 cm³/mol. The molecule has 12 heavy (non-hydrogen) atoms. The van der Waals surface area contributed by atoms with E-state index in [1.807, 2.05) is 0 Å². The summed E-state index contributed by atoms with van der Waals surface area (Å²) in [5.74, 6) is 0.772. The third-order valence-corrected chi connectivity index (χ3v) is 2.53. The van der Waals surface area contributed by atoms with Crippen LogP contribution in [0.2, 0.25) is 0 Å². The zero-order valence-electron chi connectivity index (χ0n) is 8.47. The van der Waals surface area contributed by atoms with Crippen LogP contribution in [-0.4, -0.2) is 25.3 Å². The lowest BCUT2D eigenvalue weighted by Gasteiger charge is -2.29. The summed E-state index contributed by atoms with van der Waals surface area (Å²) in [6.45, 7) is 8.75. The van der Waals surface area contributed by atoms with Gasteiger partial charge in [0.05, 0.1) is 12.2 Å². The molecule has 2 heteroatoms. The third kappa shape index (κ3) is 3.11. The Hall–Kier alpha value is -0.0800. The van der Waals surface area contributed by atoms with Crippen LogP contribution >= 0.6 is 0 Å². The molecule has 1 aliphatic heterocycles. The molecule has 1 heterocycles. The molecule has 1 fully saturated rings.